The third kappa shape index (κ3) is 2.76. The topological polar surface area (TPSA) is 62.3 Å². The standard InChI is InChI=1S/C12H10Cl2F3N3O2/c1-20-11(22-12(16)17)8(14)9(19-20)6-4(15)3-5(18)10(21-2)7(6)13/h3,12H,18H2,1-2H3. The summed E-state index contributed by atoms with van der Waals surface area (Å²) in [6.45, 7) is -3.11. The number of halogens is 5. The SMILES string of the molecule is COc1c(N)cc(F)c(-c2nn(C)c(OC(F)F)c2Cl)c1Cl. The van der Waals surface area contributed by atoms with Crippen molar-refractivity contribution >= 4 is 28.9 Å². The lowest BCUT2D eigenvalue weighted by Gasteiger charge is -2.11. The van der Waals surface area contributed by atoms with Crippen molar-refractivity contribution in [2.24, 2.45) is 7.05 Å². The zero-order valence-corrected chi connectivity index (χ0v) is 12.8. The molecule has 0 fully saturated rings. The van der Waals surface area contributed by atoms with Crippen molar-refractivity contribution in [1.82, 2.24) is 9.78 Å². The van der Waals surface area contributed by atoms with E-state index in [4.69, 9.17) is 33.7 Å². The predicted molar refractivity (Wildman–Crippen MR) is 76.2 cm³/mol. The van der Waals surface area contributed by atoms with Crippen molar-refractivity contribution in [2.75, 3.05) is 12.8 Å². The maximum atomic E-state index is 14.2. The molecule has 22 heavy (non-hydrogen) atoms. The summed E-state index contributed by atoms with van der Waals surface area (Å²) in [4.78, 5) is 0. The number of methoxy groups -OCH3 is 1. The fourth-order valence-electron chi connectivity index (χ4n) is 1.90. The normalized spacial score (nSPS) is 11.1. The van der Waals surface area contributed by atoms with Crippen molar-refractivity contribution in [3.05, 3.63) is 21.9 Å². The Morgan fingerprint density at radius 2 is 1.95 bits per heavy atom. The molecule has 5 nitrogen and oxygen atoms in total. The monoisotopic (exact) mass is 355 g/mol. The number of ether oxygens (including phenoxy) is 2. The highest BCUT2D eigenvalue weighted by Crippen LogP contribution is 2.45. The summed E-state index contributed by atoms with van der Waals surface area (Å²) in [7, 11) is 2.61. The molecule has 0 unspecified atom stereocenters. The smallest absolute Gasteiger partial charge is 0.388 e. The molecule has 0 saturated carbocycles. The van der Waals surface area contributed by atoms with Crippen LogP contribution in [-0.2, 0) is 7.05 Å². The van der Waals surface area contributed by atoms with Gasteiger partial charge in [0.15, 0.2) is 5.75 Å². The summed E-state index contributed by atoms with van der Waals surface area (Å²) >= 11 is 12.0. The van der Waals surface area contributed by atoms with E-state index in [1.54, 1.807) is 0 Å². The van der Waals surface area contributed by atoms with E-state index in [0.717, 1.165) is 10.7 Å². The molecule has 0 aliphatic heterocycles. The zero-order chi connectivity index (χ0) is 16.6. The Kier molecular flexibility index (Phi) is 4.62. The first-order valence-electron chi connectivity index (χ1n) is 5.77. The number of aryl methyl sites for hydroxylation is 1. The number of aromatic nitrogens is 2. The molecule has 10 heteroatoms. The summed E-state index contributed by atoms with van der Waals surface area (Å²) in [5.41, 5.74) is 5.17. The largest absolute Gasteiger partial charge is 0.493 e. The number of nitrogen functional groups attached to an aromatic ring is 1. The van der Waals surface area contributed by atoms with E-state index in [1.165, 1.54) is 14.2 Å². The molecule has 0 aliphatic carbocycles. The van der Waals surface area contributed by atoms with Crippen LogP contribution in [0.5, 0.6) is 11.6 Å². The molecular weight excluding hydrogens is 346 g/mol. The molecule has 0 spiro atoms. The Bertz CT molecular complexity index is 722. The lowest BCUT2D eigenvalue weighted by atomic mass is 10.1. The molecule has 0 aliphatic rings. The van der Waals surface area contributed by atoms with Crippen LogP contribution in [0, 0.1) is 5.82 Å². The quantitative estimate of drug-likeness (QED) is 0.849. The minimum atomic E-state index is -3.11. The van der Waals surface area contributed by atoms with Crippen LogP contribution in [0.2, 0.25) is 10.0 Å². The molecule has 0 saturated heterocycles. The van der Waals surface area contributed by atoms with Gasteiger partial charge in [-0.15, -0.1) is 0 Å². The molecule has 1 aromatic carbocycles. The first-order valence-corrected chi connectivity index (χ1v) is 6.52. The second-order valence-corrected chi connectivity index (χ2v) is 4.90. The van der Waals surface area contributed by atoms with E-state index >= 15 is 0 Å². The third-order valence-corrected chi connectivity index (χ3v) is 3.48. The highest BCUT2D eigenvalue weighted by Gasteiger charge is 2.26. The van der Waals surface area contributed by atoms with Crippen LogP contribution in [0.15, 0.2) is 6.07 Å². The maximum absolute atomic E-state index is 14.2. The molecule has 0 radical (unpaired) electrons. The van der Waals surface area contributed by atoms with Crippen molar-refractivity contribution in [2.45, 2.75) is 6.61 Å². The van der Waals surface area contributed by atoms with E-state index in [0.29, 0.717) is 0 Å². The molecular formula is C12H10Cl2F3N3O2. The van der Waals surface area contributed by atoms with Gasteiger partial charge in [0.1, 0.15) is 16.5 Å². The Hall–Kier alpha value is -1.80. The zero-order valence-electron chi connectivity index (χ0n) is 11.3. The van der Waals surface area contributed by atoms with Crippen molar-refractivity contribution in [3.63, 3.8) is 0 Å². The minimum Gasteiger partial charge on any atom is -0.493 e. The number of benzene rings is 1. The average Bonchev–Trinajstić information content (AvgIpc) is 2.66. The fraction of sp³-hybridized carbons (Fsp3) is 0.250. The molecule has 2 aromatic rings. The molecule has 0 bridgehead atoms. The van der Waals surface area contributed by atoms with Gasteiger partial charge in [0.05, 0.1) is 23.4 Å². The summed E-state index contributed by atoms with van der Waals surface area (Å²) in [5, 5.41) is 3.38. The van der Waals surface area contributed by atoms with Gasteiger partial charge in [-0.2, -0.15) is 13.9 Å². The van der Waals surface area contributed by atoms with Gasteiger partial charge in [-0.3, -0.25) is 0 Å². The number of nitrogens with zero attached hydrogens (tertiary/aromatic N) is 2. The van der Waals surface area contributed by atoms with Crippen LogP contribution in [-0.4, -0.2) is 23.5 Å². The number of anilines is 1. The lowest BCUT2D eigenvalue weighted by molar-refractivity contribution is -0.0552. The third-order valence-electron chi connectivity index (χ3n) is 2.78. The van der Waals surface area contributed by atoms with Gasteiger partial charge in [0.25, 0.3) is 0 Å². The molecule has 2 N–H and O–H groups in total. The van der Waals surface area contributed by atoms with Gasteiger partial charge in [0, 0.05) is 13.1 Å². The van der Waals surface area contributed by atoms with E-state index in [2.05, 4.69) is 9.84 Å². The number of rotatable bonds is 4. The number of hydrogen-bond acceptors (Lipinski definition) is 4. The van der Waals surface area contributed by atoms with Crippen LogP contribution in [0.3, 0.4) is 0 Å². The van der Waals surface area contributed by atoms with E-state index in [1.807, 2.05) is 0 Å². The van der Waals surface area contributed by atoms with Crippen LogP contribution in [0.1, 0.15) is 0 Å². The van der Waals surface area contributed by atoms with Gasteiger partial charge in [-0.05, 0) is 0 Å². The van der Waals surface area contributed by atoms with E-state index in [-0.39, 0.29) is 32.7 Å². The van der Waals surface area contributed by atoms with Crippen LogP contribution < -0.4 is 15.2 Å². The number of alkyl halides is 2. The van der Waals surface area contributed by atoms with Crippen molar-refractivity contribution in [1.29, 1.82) is 0 Å². The highest BCUT2D eigenvalue weighted by atomic mass is 35.5. The van der Waals surface area contributed by atoms with E-state index < -0.39 is 18.3 Å². The highest BCUT2D eigenvalue weighted by molar-refractivity contribution is 6.38. The number of hydrogen-bond donors (Lipinski definition) is 1. The Balaban J connectivity index is 2.68. The van der Waals surface area contributed by atoms with Crippen molar-refractivity contribution in [3.8, 4) is 22.9 Å². The lowest BCUT2D eigenvalue weighted by Crippen LogP contribution is -2.06. The number of nitrogens with two attached hydrogens (primary N) is 1. The average molecular weight is 356 g/mol. The maximum Gasteiger partial charge on any atom is 0.388 e. The Morgan fingerprint density at radius 1 is 1.32 bits per heavy atom. The minimum absolute atomic E-state index is 0.0233. The summed E-state index contributed by atoms with van der Waals surface area (Å²) in [6, 6.07) is 0.971. The van der Waals surface area contributed by atoms with Gasteiger partial charge < -0.3 is 15.2 Å². The van der Waals surface area contributed by atoms with E-state index in [9.17, 15) is 13.2 Å². The predicted octanol–water partition coefficient (Wildman–Crippen LogP) is 3.73. The molecule has 120 valence electrons. The summed E-state index contributed by atoms with van der Waals surface area (Å²) in [6.07, 6.45) is 0. The molecule has 2 rings (SSSR count). The summed E-state index contributed by atoms with van der Waals surface area (Å²) < 4.78 is 49.1. The van der Waals surface area contributed by atoms with Crippen LogP contribution in [0.25, 0.3) is 11.3 Å². The van der Waals surface area contributed by atoms with Gasteiger partial charge >= 0.3 is 6.61 Å². The van der Waals surface area contributed by atoms with Gasteiger partial charge in [0.2, 0.25) is 5.88 Å². The second kappa shape index (κ2) is 6.13. The van der Waals surface area contributed by atoms with Gasteiger partial charge in [-0.25, -0.2) is 9.07 Å². The molecule has 1 heterocycles. The van der Waals surface area contributed by atoms with Crippen LogP contribution >= 0.6 is 23.2 Å². The Morgan fingerprint density at radius 3 is 2.50 bits per heavy atom. The Labute approximate surface area is 133 Å². The fourth-order valence-corrected chi connectivity index (χ4v) is 2.56. The molecule has 0 atom stereocenters. The molecule has 1 aromatic heterocycles. The first kappa shape index (κ1) is 16.6. The van der Waals surface area contributed by atoms with Gasteiger partial charge in [-0.1, -0.05) is 23.2 Å². The van der Waals surface area contributed by atoms with Crippen LogP contribution in [0.4, 0.5) is 18.9 Å². The molecule has 0 amide bonds. The first-order chi connectivity index (χ1) is 10.3. The second-order valence-electron chi connectivity index (χ2n) is 4.14. The summed E-state index contributed by atoms with van der Waals surface area (Å²) in [5.74, 6) is -1.22. The van der Waals surface area contributed by atoms with Crippen molar-refractivity contribution < 1.29 is 22.6 Å².